The highest BCUT2D eigenvalue weighted by molar-refractivity contribution is 9.10. The number of alkyl halides is 1. The van der Waals surface area contributed by atoms with Crippen LogP contribution in [0.1, 0.15) is 68.0 Å². The largest absolute Gasteiger partial charge is 0.496 e. The van der Waals surface area contributed by atoms with Crippen molar-refractivity contribution in [3.8, 4) is 5.75 Å². The van der Waals surface area contributed by atoms with Gasteiger partial charge in [-0.25, -0.2) is 14.1 Å². The summed E-state index contributed by atoms with van der Waals surface area (Å²) in [5.74, 6) is 0.757. The molecule has 2 fully saturated rings. The molecule has 180 valence electrons. The fourth-order valence-electron chi connectivity index (χ4n) is 5.69. The molecule has 2 aromatic heterocycles. The second kappa shape index (κ2) is 8.57. The summed E-state index contributed by atoms with van der Waals surface area (Å²) in [6.45, 7) is 3.41. The van der Waals surface area contributed by atoms with Crippen LogP contribution in [0.4, 0.5) is 4.39 Å². The van der Waals surface area contributed by atoms with E-state index in [1.165, 1.54) is 11.1 Å². The summed E-state index contributed by atoms with van der Waals surface area (Å²) in [6.07, 6.45) is 9.23. The first kappa shape index (κ1) is 22.4. The minimum Gasteiger partial charge on any atom is -0.496 e. The predicted molar refractivity (Wildman–Crippen MR) is 132 cm³/mol. The third kappa shape index (κ3) is 3.84. The number of nitrogens with zero attached hydrogens (tertiary/aromatic N) is 4. The van der Waals surface area contributed by atoms with Gasteiger partial charge in [-0.15, -0.1) is 0 Å². The fraction of sp³-hybridized carbons (Fsp3) is 0.538. The van der Waals surface area contributed by atoms with Crippen molar-refractivity contribution in [3.05, 3.63) is 51.9 Å². The maximum absolute atomic E-state index is 15.1. The van der Waals surface area contributed by atoms with Gasteiger partial charge in [0.15, 0.2) is 6.23 Å². The van der Waals surface area contributed by atoms with E-state index in [0.29, 0.717) is 19.4 Å². The number of hydrogen-bond donors (Lipinski definition) is 0. The van der Waals surface area contributed by atoms with E-state index >= 15 is 4.39 Å². The molecule has 1 saturated heterocycles. The predicted octanol–water partition coefficient (Wildman–Crippen LogP) is 5.74. The van der Waals surface area contributed by atoms with Crippen molar-refractivity contribution in [1.29, 1.82) is 0 Å². The number of benzene rings is 1. The quantitative estimate of drug-likeness (QED) is 0.395. The van der Waals surface area contributed by atoms with Gasteiger partial charge in [0.2, 0.25) is 0 Å². The van der Waals surface area contributed by atoms with Crippen molar-refractivity contribution in [1.82, 2.24) is 19.7 Å². The molecule has 0 amide bonds. The van der Waals surface area contributed by atoms with Gasteiger partial charge < -0.3 is 9.47 Å². The Balaban J connectivity index is 1.49. The van der Waals surface area contributed by atoms with Gasteiger partial charge in [0, 0.05) is 42.4 Å². The van der Waals surface area contributed by atoms with Crippen LogP contribution in [-0.2, 0) is 11.2 Å². The molecule has 1 aromatic carbocycles. The minimum atomic E-state index is -1.09. The Hall–Kier alpha value is -2.03. The molecule has 0 radical (unpaired) electrons. The van der Waals surface area contributed by atoms with Gasteiger partial charge >= 0.3 is 0 Å². The maximum atomic E-state index is 15.1. The topological polar surface area (TPSA) is 52.4 Å². The molecule has 3 aliphatic rings. The summed E-state index contributed by atoms with van der Waals surface area (Å²) in [6, 6.07) is 6.27. The molecule has 0 spiro atoms. The molecule has 0 bridgehead atoms. The summed E-state index contributed by atoms with van der Waals surface area (Å²) in [4.78, 5) is 6.83. The zero-order chi connectivity index (χ0) is 23.4. The van der Waals surface area contributed by atoms with Gasteiger partial charge in [-0.1, -0.05) is 6.07 Å². The number of hydrogen-bond acceptors (Lipinski definition) is 5. The van der Waals surface area contributed by atoms with Gasteiger partial charge in [0.25, 0.3) is 0 Å². The third-order valence-corrected chi connectivity index (χ3v) is 8.12. The van der Waals surface area contributed by atoms with Crippen LogP contribution in [0.15, 0.2) is 35.2 Å². The molecule has 1 aliphatic carbocycles. The van der Waals surface area contributed by atoms with E-state index in [-0.39, 0.29) is 18.3 Å². The van der Waals surface area contributed by atoms with Crippen LogP contribution in [-0.4, -0.2) is 51.6 Å². The monoisotopic (exact) mass is 528 g/mol. The Labute approximate surface area is 207 Å². The third-order valence-electron chi connectivity index (χ3n) is 7.68. The van der Waals surface area contributed by atoms with E-state index in [9.17, 15) is 0 Å². The van der Waals surface area contributed by atoms with Crippen LogP contribution in [0.25, 0.3) is 10.9 Å². The van der Waals surface area contributed by atoms with Crippen molar-refractivity contribution < 1.29 is 13.9 Å². The average Bonchev–Trinajstić information content (AvgIpc) is 3.41. The standard InChI is InChI=1S/C26H30BrFN4O2/c1-16-11-18-17(6-7-21-19(18)14-30-32(21)24-5-3-4-10-34-24)25(31(16)15-26(28)8-9-26)20-13-29-23(27)12-22(20)33-2/h6-7,12-14,16,24-25H,3-5,8-11,15H2,1-2H3/t16?,24-,25?/m1/s1. The maximum Gasteiger partial charge on any atom is 0.150 e. The first-order chi connectivity index (χ1) is 16.5. The molecule has 2 aliphatic heterocycles. The highest BCUT2D eigenvalue weighted by atomic mass is 79.9. The summed E-state index contributed by atoms with van der Waals surface area (Å²) in [5.41, 5.74) is 3.44. The Morgan fingerprint density at radius 3 is 2.82 bits per heavy atom. The van der Waals surface area contributed by atoms with Crippen LogP contribution < -0.4 is 4.74 Å². The lowest BCUT2D eigenvalue weighted by molar-refractivity contribution is -0.0366. The number of pyridine rings is 1. The average molecular weight is 529 g/mol. The van der Waals surface area contributed by atoms with Crippen molar-refractivity contribution in [2.24, 2.45) is 0 Å². The fourth-order valence-corrected chi connectivity index (χ4v) is 6.00. The molecule has 1 saturated carbocycles. The molecular weight excluding hydrogens is 499 g/mol. The highest BCUT2D eigenvalue weighted by Gasteiger charge is 2.48. The lowest BCUT2D eigenvalue weighted by atomic mass is 9.83. The Morgan fingerprint density at radius 2 is 2.09 bits per heavy atom. The van der Waals surface area contributed by atoms with Gasteiger partial charge in [-0.2, -0.15) is 5.10 Å². The van der Waals surface area contributed by atoms with Crippen molar-refractivity contribution >= 4 is 26.8 Å². The van der Waals surface area contributed by atoms with Crippen LogP contribution in [0.5, 0.6) is 5.75 Å². The van der Waals surface area contributed by atoms with Crippen LogP contribution in [0.2, 0.25) is 0 Å². The van der Waals surface area contributed by atoms with Crippen molar-refractivity contribution in [3.63, 3.8) is 0 Å². The molecular formula is C26H30BrFN4O2. The van der Waals surface area contributed by atoms with E-state index in [0.717, 1.165) is 59.1 Å². The van der Waals surface area contributed by atoms with E-state index in [4.69, 9.17) is 14.6 Å². The van der Waals surface area contributed by atoms with E-state index in [1.54, 1.807) is 7.11 Å². The second-order valence-corrected chi connectivity index (χ2v) is 10.8. The van der Waals surface area contributed by atoms with Gasteiger partial charge in [0.05, 0.1) is 24.9 Å². The van der Waals surface area contributed by atoms with E-state index < -0.39 is 5.67 Å². The second-order valence-electron chi connectivity index (χ2n) is 10.0. The lowest BCUT2D eigenvalue weighted by Gasteiger charge is -2.43. The number of fused-ring (bicyclic) bond motifs is 3. The van der Waals surface area contributed by atoms with Gasteiger partial charge in [-0.05, 0) is 78.6 Å². The molecule has 8 heteroatoms. The number of ether oxygens (including phenoxy) is 2. The lowest BCUT2D eigenvalue weighted by Crippen LogP contribution is -2.46. The first-order valence-corrected chi connectivity index (χ1v) is 13.0. The van der Waals surface area contributed by atoms with Crippen molar-refractivity contribution in [2.45, 2.75) is 69.4 Å². The molecule has 3 atom stereocenters. The SMILES string of the molecule is COc1cc(Br)ncc1C1c2ccc3c(cnn3[C@H]3CCCCO3)c2CC(C)N1CC1(F)CC1. The summed E-state index contributed by atoms with van der Waals surface area (Å²) < 4.78 is 29.7. The number of methoxy groups -OCH3 is 1. The normalized spacial score (nSPS) is 26.4. The van der Waals surface area contributed by atoms with E-state index in [2.05, 4.69) is 44.9 Å². The Bertz CT molecular complexity index is 1220. The van der Waals surface area contributed by atoms with Gasteiger partial charge in [0.1, 0.15) is 16.0 Å². The first-order valence-electron chi connectivity index (χ1n) is 12.2. The van der Waals surface area contributed by atoms with Gasteiger partial charge in [-0.3, -0.25) is 4.90 Å². The molecule has 34 heavy (non-hydrogen) atoms. The Kier molecular flexibility index (Phi) is 5.66. The van der Waals surface area contributed by atoms with Crippen molar-refractivity contribution in [2.75, 3.05) is 20.3 Å². The zero-order valence-electron chi connectivity index (χ0n) is 19.6. The van der Waals surface area contributed by atoms with Crippen LogP contribution in [0, 0.1) is 0 Å². The van der Waals surface area contributed by atoms with E-state index in [1.807, 2.05) is 23.1 Å². The van der Waals surface area contributed by atoms with Crippen LogP contribution >= 0.6 is 15.9 Å². The van der Waals surface area contributed by atoms with Crippen LogP contribution in [0.3, 0.4) is 0 Å². The molecule has 3 aromatic rings. The molecule has 0 N–H and O–H groups in total. The highest BCUT2D eigenvalue weighted by Crippen LogP contribution is 2.48. The molecule has 4 heterocycles. The molecule has 6 rings (SSSR count). The summed E-state index contributed by atoms with van der Waals surface area (Å²) in [5, 5.41) is 5.92. The summed E-state index contributed by atoms with van der Waals surface area (Å²) >= 11 is 3.46. The number of rotatable bonds is 5. The smallest absolute Gasteiger partial charge is 0.150 e. The zero-order valence-corrected chi connectivity index (χ0v) is 21.2. The summed E-state index contributed by atoms with van der Waals surface area (Å²) in [7, 11) is 1.68. The number of aromatic nitrogens is 3. The molecule has 2 unspecified atom stereocenters. The molecule has 6 nitrogen and oxygen atoms in total. The minimum absolute atomic E-state index is 0.00496. The Morgan fingerprint density at radius 1 is 1.24 bits per heavy atom. The number of halogens is 2.